The number of carbonyl (C=O) groups is 2. The molecule has 0 aromatic rings. The van der Waals surface area contributed by atoms with E-state index in [1.165, 1.54) is 0 Å². The molecule has 29 heavy (non-hydrogen) atoms. The van der Waals surface area contributed by atoms with Crippen LogP contribution in [0.1, 0.15) is 72.6 Å². The molecule has 3 aliphatic rings. The molecular formula is C24H38O5. The molecule has 0 spiro atoms. The Balaban J connectivity index is 1.71. The molecule has 0 bridgehead atoms. The molecule has 5 nitrogen and oxygen atoms in total. The third kappa shape index (κ3) is 5.42. The van der Waals surface area contributed by atoms with Crippen LogP contribution >= 0.6 is 0 Å². The highest BCUT2D eigenvalue weighted by Crippen LogP contribution is 2.48. The quantitative estimate of drug-likeness (QED) is 0.527. The van der Waals surface area contributed by atoms with E-state index in [0.717, 1.165) is 32.1 Å². The van der Waals surface area contributed by atoms with Gasteiger partial charge in [0.05, 0.1) is 18.4 Å². The molecule has 9 atom stereocenters. The molecule has 1 saturated carbocycles. The average molecular weight is 407 g/mol. The minimum absolute atomic E-state index is 0.0397. The average Bonchev–Trinajstić information content (AvgIpc) is 2.65. The lowest BCUT2D eigenvalue weighted by Crippen LogP contribution is -2.46. The topological polar surface area (TPSA) is 72.8 Å². The zero-order valence-corrected chi connectivity index (χ0v) is 18.4. The Morgan fingerprint density at radius 2 is 2.00 bits per heavy atom. The number of hydrogen-bond donors (Lipinski definition) is 1. The van der Waals surface area contributed by atoms with Crippen molar-refractivity contribution in [3.05, 3.63) is 12.2 Å². The van der Waals surface area contributed by atoms with E-state index in [1.807, 2.05) is 13.8 Å². The molecule has 1 unspecified atom stereocenters. The molecule has 2 fully saturated rings. The van der Waals surface area contributed by atoms with Crippen LogP contribution in [0.4, 0.5) is 0 Å². The van der Waals surface area contributed by atoms with Gasteiger partial charge >= 0.3 is 11.9 Å². The molecule has 3 rings (SSSR count). The summed E-state index contributed by atoms with van der Waals surface area (Å²) in [7, 11) is 0. The minimum atomic E-state index is -0.586. The SMILES string of the molecule is CC[C@H](C)C(=O)O[C@H]1C[C@@H](C)CC2C=C[C@H](C)[C@H](CC[C@@H]3C[C@@H](O)CC(=O)O3)[C@H]21. The number of ether oxygens (including phenoxy) is 2. The summed E-state index contributed by atoms with van der Waals surface area (Å²) in [6.45, 7) is 8.46. The first kappa shape index (κ1) is 22.3. The van der Waals surface area contributed by atoms with Crippen molar-refractivity contribution < 1.29 is 24.2 Å². The maximum absolute atomic E-state index is 12.6. The van der Waals surface area contributed by atoms with Crippen molar-refractivity contribution in [3.63, 3.8) is 0 Å². The summed E-state index contributed by atoms with van der Waals surface area (Å²) in [5, 5.41) is 9.90. The number of aliphatic hydroxyl groups excluding tert-OH is 1. The molecule has 164 valence electrons. The van der Waals surface area contributed by atoms with E-state index in [0.29, 0.717) is 36.0 Å². The van der Waals surface area contributed by atoms with Crippen molar-refractivity contribution in [2.75, 3.05) is 0 Å². The second kappa shape index (κ2) is 9.63. The van der Waals surface area contributed by atoms with E-state index in [9.17, 15) is 14.7 Å². The number of cyclic esters (lactones) is 1. The summed E-state index contributed by atoms with van der Waals surface area (Å²) in [6.07, 6.45) is 9.01. The van der Waals surface area contributed by atoms with E-state index in [-0.39, 0.29) is 36.5 Å². The van der Waals surface area contributed by atoms with Crippen LogP contribution in [0.25, 0.3) is 0 Å². The highest BCUT2D eigenvalue weighted by atomic mass is 16.5. The van der Waals surface area contributed by atoms with Crippen molar-refractivity contribution in [2.24, 2.45) is 35.5 Å². The highest BCUT2D eigenvalue weighted by Gasteiger charge is 2.45. The van der Waals surface area contributed by atoms with Gasteiger partial charge in [0, 0.05) is 12.3 Å². The van der Waals surface area contributed by atoms with E-state index in [4.69, 9.17) is 9.47 Å². The Bertz CT molecular complexity index is 614. The molecule has 2 aliphatic carbocycles. The zero-order valence-electron chi connectivity index (χ0n) is 18.4. The smallest absolute Gasteiger partial charge is 0.308 e. The number of carbonyl (C=O) groups excluding carboxylic acids is 2. The van der Waals surface area contributed by atoms with Crippen molar-refractivity contribution in [1.82, 2.24) is 0 Å². The van der Waals surface area contributed by atoms with Crippen LogP contribution in [0.2, 0.25) is 0 Å². The first-order valence-corrected chi connectivity index (χ1v) is 11.5. The van der Waals surface area contributed by atoms with Crippen LogP contribution in [-0.2, 0) is 19.1 Å². The summed E-state index contributed by atoms with van der Waals surface area (Å²) in [6, 6.07) is 0. The Morgan fingerprint density at radius 1 is 1.24 bits per heavy atom. The highest BCUT2D eigenvalue weighted by molar-refractivity contribution is 5.72. The van der Waals surface area contributed by atoms with E-state index in [2.05, 4.69) is 26.0 Å². The number of aliphatic hydroxyl groups is 1. The predicted molar refractivity (Wildman–Crippen MR) is 111 cm³/mol. The fourth-order valence-corrected chi connectivity index (χ4v) is 5.59. The summed E-state index contributed by atoms with van der Waals surface area (Å²) in [5.74, 6) is 1.66. The fourth-order valence-electron chi connectivity index (χ4n) is 5.59. The first-order valence-electron chi connectivity index (χ1n) is 11.5. The lowest BCUT2D eigenvalue weighted by atomic mass is 9.60. The number of allylic oxidation sites excluding steroid dienone is 2. The van der Waals surface area contributed by atoms with Crippen molar-refractivity contribution in [3.8, 4) is 0 Å². The van der Waals surface area contributed by atoms with Gasteiger partial charge in [-0.2, -0.15) is 0 Å². The first-order chi connectivity index (χ1) is 13.8. The monoisotopic (exact) mass is 406 g/mol. The van der Waals surface area contributed by atoms with Gasteiger partial charge in [0.25, 0.3) is 0 Å². The maximum atomic E-state index is 12.6. The van der Waals surface area contributed by atoms with E-state index < -0.39 is 6.10 Å². The van der Waals surface area contributed by atoms with Gasteiger partial charge in [-0.05, 0) is 55.8 Å². The fraction of sp³-hybridized carbons (Fsp3) is 0.833. The molecule has 0 aromatic heterocycles. The molecule has 1 N–H and O–H groups in total. The Labute approximate surface area is 175 Å². The van der Waals surface area contributed by atoms with Gasteiger partial charge in [-0.15, -0.1) is 0 Å². The summed E-state index contributed by atoms with van der Waals surface area (Å²) in [4.78, 5) is 24.2. The Hall–Kier alpha value is -1.36. The van der Waals surface area contributed by atoms with Crippen LogP contribution < -0.4 is 0 Å². The lowest BCUT2D eigenvalue weighted by molar-refractivity contribution is -0.166. The largest absolute Gasteiger partial charge is 0.462 e. The maximum Gasteiger partial charge on any atom is 0.308 e. The van der Waals surface area contributed by atoms with Gasteiger partial charge in [-0.3, -0.25) is 9.59 Å². The number of esters is 2. The third-order valence-corrected chi connectivity index (χ3v) is 7.40. The van der Waals surface area contributed by atoms with E-state index >= 15 is 0 Å². The second-order valence-electron chi connectivity index (χ2n) is 9.79. The van der Waals surface area contributed by atoms with Crippen LogP contribution in [-0.4, -0.2) is 35.4 Å². The van der Waals surface area contributed by atoms with Crippen LogP contribution in [0, 0.1) is 35.5 Å². The van der Waals surface area contributed by atoms with Gasteiger partial charge in [-0.25, -0.2) is 0 Å². The Kier molecular flexibility index (Phi) is 7.42. The zero-order chi connectivity index (χ0) is 21.1. The number of fused-ring (bicyclic) bond motifs is 1. The standard InChI is InChI=1S/C24H38O5/c1-5-15(3)24(27)29-21-11-14(2)10-17-7-6-16(4)20(23(17)21)9-8-19-12-18(25)13-22(26)28-19/h6-7,14-21,23,25H,5,8-13H2,1-4H3/t14-,15-,16-,17?,18+,19+,20-,21-,23-/m0/s1. The van der Waals surface area contributed by atoms with Gasteiger partial charge in [-0.1, -0.05) is 39.8 Å². The molecule has 0 amide bonds. The summed E-state index contributed by atoms with van der Waals surface area (Å²) in [5.41, 5.74) is 0. The number of hydrogen-bond acceptors (Lipinski definition) is 5. The summed E-state index contributed by atoms with van der Waals surface area (Å²) >= 11 is 0. The van der Waals surface area contributed by atoms with Crippen molar-refractivity contribution in [1.29, 1.82) is 0 Å². The van der Waals surface area contributed by atoms with E-state index in [1.54, 1.807) is 0 Å². The molecular weight excluding hydrogens is 368 g/mol. The van der Waals surface area contributed by atoms with Crippen molar-refractivity contribution >= 4 is 11.9 Å². The molecule has 0 aromatic carbocycles. The van der Waals surface area contributed by atoms with Gasteiger partial charge < -0.3 is 14.6 Å². The van der Waals surface area contributed by atoms with Gasteiger partial charge in [0.15, 0.2) is 0 Å². The minimum Gasteiger partial charge on any atom is -0.462 e. The Morgan fingerprint density at radius 3 is 2.69 bits per heavy atom. The van der Waals surface area contributed by atoms with Crippen molar-refractivity contribution in [2.45, 2.75) is 91.0 Å². The van der Waals surface area contributed by atoms with Crippen LogP contribution in [0.5, 0.6) is 0 Å². The molecule has 0 radical (unpaired) electrons. The molecule has 1 heterocycles. The second-order valence-corrected chi connectivity index (χ2v) is 9.79. The summed E-state index contributed by atoms with van der Waals surface area (Å²) < 4.78 is 11.6. The normalized spacial score (nSPS) is 40.7. The molecule has 1 saturated heterocycles. The third-order valence-electron chi connectivity index (χ3n) is 7.40. The lowest BCUT2D eigenvalue weighted by Gasteiger charge is -2.47. The van der Waals surface area contributed by atoms with Gasteiger partial charge in [0.1, 0.15) is 12.2 Å². The van der Waals surface area contributed by atoms with Gasteiger partial charge in [0.2, 0.25) is 0 Å². The number of rotatable bonds is 6. The predicted octanol–water partition coefficient (Wildman–Crippen LogP) is 4.28. The van der Waals surface area contributed by atoms with Crippen LogP contribution in [0.3, 0.4) is 0 Å². The molecule has 5 heteroatoms. The van der Waals surface area contributed by atoms with Crippen LogP contribution in [0.15, 0.2) is 12.2 Å². The molecule has 1 aliphatic heterocycles.